The van der Waals surface area contributed by atoms with E-state index in [1.807, 2.05) is 6.07 Å². The van der Waals surface area contributed by atoms with Crippen molar-refractivity contribution in [3.8, 4) is 0 Å². The zero-order valence-electron chi connectivity index (χ0n) is 14.7. The Morgan fingerprint density at radius 2 is 1.39 bits per heavy atom. The lowest BCUT2D eigenvalue weighted by molar-refractivity contribution is 0.275. The van der Waals surface area contributed by atoms with E-state index < -0.39 is 31.7 Å². The molecule has 0 aliphatic carbocycles. The first-order chi connectivity index (χ1) is 13.2. The van der Waals surface area contributed by atoms with Crippen molar-refractivity contribution >= 4 is 26.1 Å². The highest BCUT2D eigenvalue weighted by Gasteiger charge is 2.32. The molecule has 1 saturated heterocycles. The van der Waals surface area contributed by atoms with Gasteiger partial charge in [-0.05, 0) is 29.8 Å². The van der Waals surface area contributed by atoms with Crippen molar-refractivity contribution in [2.75, 3.05) is 26.2 Å². The van der Waals surface area contributed by atoms with Gasteiger partial charge in [-0.15, -0.1) is 0 Å². The van der Waals surface area contributed by atoms with Crippen LogP contribution in [0.2, 0.25) is 0 Å². The second kappa shape index (κ2) is 8.08. The fraction of sp³-hybridized carbons (Fsp3) is 0.222. The van der Waals surface area contributed by atoms with Crippen molar-refractivity contribution in [3.63, 3.8) is 0 Å². The summed E-state index contributed by atoms with van der Waals surface area (Å²) in [5.74, 6) is -2.39. The summed E-state index contributed by atoms with van der Waals surface area (Å²) >= 11 is 0. The lowest BCUT2D eigenvalue weighted by Gasteiger charge is -2.32. The molecule has 0 spiro atoms. The Hall–Kier alpha value is -2.14. The lowest BCUT2D eigenvalue weighted by atomic mass is 10.2. The number of halogens is 2. The quantitative estimate of drug-likeness (QED) is 0.732. The van der Waals surface area contributed by atoms with Gasteiger partial charge in [0.1, 0.15) is 0 Å². The van der Waals surface area contributed by atoms with Crippen LogP contribution in [-0.4, -0.2) is 51.6 Å². The number of nitrogens with zero attached hydrogens (tertiary/aromatic N) is 2. The molecule has 6 nitrogen and oxygen atoms in total. The van der Waals surface area contributed by atoms with Gasteiger partial charge in [0, 0.05) is 31.6 Å². The van der Waals surface area contributed by atoms with Crippen LogP contribution in [0.15, 0.2) is 58.8 Å². The standard InChI is InChI=1S/C18H18F2N2O4S2/c19-17-7-6-16(14-18(17)20)28(25,26)22-11-9-21(10-12-22)27(23,24)13-8-15-4-2-1-3-5-15/h1-8,13-14H,9-12H2/b13-8+. The summed E-state index contributed by atoms with van der Waals surface area (Å²) in [4.78, 5) is -0.369. The first-order valence-corrected chi connectivity index (χ1v) is 11.3. The summed E-state index contributed by atoms with van der Waals surface area (Å²) in [5.41, 5.74) is 0.727. The Labute approximate surface area is 162 Å². The van der Waals surface area contributed by atoms with Crippen LogP contribution in [0.3, 0.4) is 0 Å². The molecule has 1 fully saturated rings. The van der Waals surface area contributed by atoms with Gasteiger partial charge < -0.3 is 0 Å². The molecular formula is C18H18F2N2O4S2. The summed E-state index contributed by atoms with van der Waals surface area (Å²) in [5, 5.41) is 1.09. The number of hydrogen-bond acceptors (Lipinski definition) is 4. The Kier molecular flexibility index (Phi) is 5.94. The highest BCUT2D eigenvalue weighted by Crippen LogP contribution is 2.21. The van der Waals surface area contributed by atoms with E-state index in [4.69, 9.17) is 0 Å². The third-order valence-electron chi connectivity index (χ3n) is 4.32. The van der Waals surface area contributed by atoms with Crippen LogP contribution in [0, 0.1) is 11.6 Å². The smallest absolute Gasteiger partial charge is 0.208 e. The van der Waals surface area contributed by atoms with Gasteiger partial charge in [0.15, 0.2) is 11.6 Å². The Bertz CT molecular complexity index is 1080. The summed E-state index contributed by atoms with van der Waals surface area (Å²) in [6.07, 6.45) is 1.47. The average molecular weight is 428 g/mol. The van der Waals surface area contributed by atoms with Gasteiger partial charge in [-0.1, -0.05) is 30.3 Å². The lowest BCUT2D eigenvalue weighted by Crippen LogP contribution is -2.49. The minimum absolute atomic E-state index is 0.0373. The van der Waals surface area contributed by atoms with Gasteiger partial charge in [-0.3, -0.25) is 0 Å². The molecule has 0 saturated carbocycles. The highest BCUT2D eigenvalue weighted by molar-refractivity contribution is 7.92. The zero-order valence-corrected chi connectivity index (χ0v) is 16.3. The third-order valence-corrected chi connectivity index (χ3v) is 7.78. The van der Waals surface area contributed by atoms with Gasteiger partial charge in [0.05, 0.1) is 4.90 Å². The first kappa shape index (κ1) is 20.6. The molecule has 0 bridgehead atoms. The monoisotopic (exact) mass is 428 g/mol. The molecule has 3 rings (SSSR count). The molecule has 1 heterocycles. The summed E-state index contributed by atoms with van der Waals surface area (Å²) in [6, 6.07) is 11.3. The van der Waals surface area contributed by atoms with E-state index >= 15 is 0 Å². The fourth-order valence-electron chi connectivity index (χ4n) is 2.77. The molecule has 0 aromatic heterocycles. The van der Waals surface area contributed by atoms with Crippen molar-refractivity contribution in [2.24, 2.45) is 0 Å². The van der Waals surface area contributed by atoms with Crippen LogP contribution >= 0.6 is 0 Å². The van der Waals surface area contributed by atoms with E-state index in [1.54, 1.807) is 24.3 Å². The average Bonchev–Trinajstić information content (AvgIpc) is 2.69. The van der Waals surface area contributed by atoms with Crippen molar-refractivity contribution in [3.05, 3.63) is 71.1 Å². The van der Waals surface area contributed by atoms with Gasteiger partial charge in [-0.2, -0.15) is 8.61 Å². The molecule has 150 valence electrons. The number of benzene rings is 2. The largest absolute Gasteiger partial charge is 0.243 e. The molecular weight excluding hydrogens is 410 g/mol. The van der Waals surface area contributed by atoms with Crippen molar-refractivity contribution in [1.82, 2.24) is 8.61 Å². The fourth-order valence-corrected chi connectivity index (χ4v) is 5.37. The van der Waals surface area contributed by atoms with Gasteiger partial charge >= 0.3 is 0 Å². The predicted octanol–water partition coefficient (Wildman–Crippen LogP) is 2.27. The molecule has 10 heteroatoms. The predicted molar refractivity (Wildman–Crippen MR) is 101 cm³/mol. The molecule has 0 unspecified atom stereocenters. The molecule has 0 atom stereocenters. The second-order valence-corrected chi connectivity index (χ2v) is 9.89. The van der Waals surface area contributed by atoms with Crippen molar-refractivity contribution < 1.29 is 25.6 Å². The third kappa shape index (κ3) is 4.46. The van der Waals surface area contributed by atoms with Crippen LogP contribution in [0.4, 0.5) is 8.78 Å². The molecule has 1 aliphatic heterocycles. The molecule has 0 N–H and O–H groups in total. The van der Waals surface area contributed by atoms with Crippen LogP contribution in [0.25, 0.3) is 6.08 Å². The Balaban J connectivity index is 1.69. The Morgan fingerprint density at radius 1 is 0.786 bits per heavy atom. The van der Waals surface area contributed by atoms with Crippen LogP contribution in [-0.2, 0) is 20.0 Å². The van der Waals surface area contributed by atoms with Gasteiger partial charge in [-0.25, -0.2) is 25.6 Å². The minimum atomic E-state index is -4.04. The van der Waals surface area contributed by atoms with E-state index in [2.05, 4.69) is 0 Å². The first-order valence-electron chi connectivity index (χ1n) is 8.39. The second-order valence-electron chi connectivity index (χ2n) is 6.14. The number of sulfonamides is 2. The number of hydrogen-bond donors (Lipinski definition) is 0. The van der Waals surface area contributed by atoms with E-state index in [9.17, 15) is 25.6 Å². The maximum absolute atomic E-state index is 13.4. The maximum atomic E-state index is 13.4. The molecule has 2 aromatic rings. The van der Waals surface area contributed by atoms with E-state index in [1.165, 1.54) is 10.4 Å². The van der Waals surface area contributed by atoms with E-state index in [0.717, 1.165) is 27.4 Å². The summed E-state index contributed by atoms with van der Waals surface area (Å²) in [6.45, 7) is -0.242. The Morgan fingerprint density at radius 3 is 2.00 bits per heavy atom. The molecule has 0 radical (unpaired) electrons. The van der Waals surface area contributed by atoms with E-state index in [-0.39, 0.29) is 31.1 Å². The highest BCUT2D eigenvalue weighted by atomic mass is 32.2. The number of rotatable bonds is 5. The van der Waals surface area contributed by atoms with E-state index in [0.29, 0.717) is 6.07 Å². The minimum Gasteiger partial charge on any atom is -0.208 e. The zero-order chi connectivity index (χ0) is 20.4. The van der Waals surface area contributed by atoms with Gasteiger partial charge in [0.2, 0.25) is 20.0 Å². The number of piperazine rings is 1. The van der Waals surface area contributed by atoms with Gasteiger partial charge in [0.25, 0.3) is 0 Å². The maximum Gasteiger partial charge on any atom is 0.243 e. The summed E-state index contributed by atoms with van der Waals surface area (Å²) in [7, 11) is -7.74. The SMILES string of the molecule is O=S(=O)(/C=C/c1ccccc1)N1CCN(S(=O)(=O)c2ccc(F)c(F)c2)CC1. The molecule has 2 aromatic carbocycles. The molecule has 1 aliphatic rings. The molecule has 28 heavy (non-hydrogen) atoms. The normalized spacial score (nSPS) is 17.2. The summed E-state index contributed by atoms with van der Waals surface area (Å²) < 4.78 is 78.7. The van der Waals surface area contributed by atoms with Crippen LogP contribution in [0.1, 0.15) is 5.56 Å². The topological polar surface area (TPSA) is 74.8 Å². The van der Waals surface area contributed by atoms with Crippen LogP contribution in [0.5, 0.6) is 0 Å². The van der Waals surface area contributed by atoms with Crippen molar-refractivity contribution in [1.29, 1.82) is 0 Å². The van der Waals surface area contributed by atoms with Crippen LogP contribution < -0.4 is 0 Å². The van der Waals surface area contributed by atoms with Crippen molar-refractivity contribution in [2.45, 2.75) is 4.90 Å². The molecule has 0 amide bonds.